The number of alkyl carbamates (subject to hydrolysis) is 1. The third kappa shape index (κ3) is 15.4. The summed E-state index contributed by atoms with van der Waals surface area (Å²) in [6.07, 6.45) is 0.926. The highest BCUT2D eigenvalue weighted by molar-refractivity contribution is 5.95. The molecular formula is C34H52N12O11. The Morgan fingerprint density at radius 1 is 0.825 bits per heavy atom. The second-order valence-electron chi connectivity index (χ2n) is 14.3. The first-order valence-electron chi connectivity index (χ1n) is 18.5. The fourth-order valence-electron chi connectivity index (χ4n) is 6.28. The number of carbonyl (C=O) groups excluding carboxylic acids is 5. The predicted molar refractivity (Wildman–Crippen MR) is 203 cm³/mol. The summed E-state index contributed by atoms with van der Waals surface area (Å²) in [4.78, 5) is 99.8. The summed E-state index contributed by atoms with van der Waals surface area (Å²) >= 11 is 0. The molecule has 2 aliphatic rings. The second kappa shape index (κ2) is 21.7. The van der Waals surface area contributed by atoms with E-state index < -0.39 is 81.5 Å². The number of aliphatic imine (C=N–C) groups is 2. The number of carbonyl (C=O) groups is 5. The number of benzene rings is 1. The van der Waals surface area contributed by atoms with Gasteiger partial charge in [-0.25, -0.2) is 39.8 Å². The van der Waals surface area contributed by atoms with Crippen molar-refractivity contribution in [2.24, 2.45) is 21.5 Å². The maximum Gasteiger partial charge on any atom is 0.408 e. The molecule has 8 N–H and O–H groups in total. The number of guanidine groups is 2. The van der Waals surface area contributed by atoms with Gasteiger partial charge in [-0.05, 0) is 77.7 Å². The van der Waals surface area contributed by atoms with Gasteiger partial charge in [0.15, 0.2) is 10.1 Å². The number of nitrogens with one attached hydrogen (secondary N) is 4. The molecule has 23 nitrogen and oxygen atoms in total. The summed E-state index contributed by atoms with van der Waals surface area (Å²) in [5.41, 5.74) is 14.3. The molecule has 1 aromatic carbocycles. The van der Waals surface area contributed by atoms with Gasteiger partial charge in [0, 0.05) is 26.2 Å². The van der Waals surface area contributed by atoms with E-state index in [-0.39, 0.29) is 64.9 Å². The first-order chi connectivity index (χ1) is 26.9. The van der Waals surface area contributed by atoms with Gasteiger partial charge >= 0.3 is 12.1 Å². The molecule has 1 aromatic rings. The molecule has 0 radical (unpaired) electrons. The van der Waals surface area contributed by atoms with Crippen LogP contribution in [0.4, 0.5) is 4.79 Å². The Hall–Kier alpha value is -6.29. The molecule has 4 atom stereocenters. The Morgan fingerprint density at radius 2 is 1.32 bits per heavy atom. The normalized spacial score (nSPS) is 18.2. The molecule has 4 amide bonds. The van der Waals surface area contributed by atoms with Crippen molar-refractivity contribution in [2.45, 2.75) is 109 Å². The quantitative estimate of drug-likeness (QED) is 0.0281. The van der Waals surface area contributed by atoms with Crippen LogP contribution in [0.5, 0.6) is 0 Å². The number of nitro groups is 2. The van der Waals surface area contributed by atoms with Crippen molar-refractivity contribution in [1.82, 2.24) is 31.3 Å². The van der Waals surface area contributed by atoms with Crippen molar-refractivity contribution in [1.29, 1.82) is 0 Å². The van der Waals surface area contributed by atoms with E-state index >= 15 is 0 Å². The van der Waals surface area contributed by atoms with Gasteiger partial charge in [-0.3, -0.25) is 14.4 Å². The van der Waals surface area contributed by atoms with Crippen LogP contribution in [0.25, 0.3) is 0 Å². The first-order valence-corrected chi connectivity index (χ1v) is 18.5. The van der Waals surface area contributed by atoms with E-state index in [1.807, 2.05) is 6.07 Å². The fraction of sp³-hybridized carbons (Fsp3) is 0.618. The van der Waals surface area contributed by atoms with E-state index in [0.717, 1.165) is 5.56 Å². The summed E-state index contributed by atoms with van der Waals surface area (Å²) in [6, 6.07) is 4.70. The van der Waals surface area contributed by atoms with Crippen molar-refractivity contribution in [3.05, 3.63) is 56.1 Å². The van der Waals surface area contributed by atoms with Crippen molar-refractivity contribution < 1.29 is 43.5 Å². The lowest BCUT2D eigenvalue weighted by molar-refractivity contribution is -0.525. The van der Waals surface area contributed by atoms with Crippen LogP contribution in [0.15, 0.2) is 40.3 Å². The molecule has 2 heterocycles. The van der Waals surface area contributed by atoms with Gasteiger partial charge in [0.05, 0.1) is 0 Å². The number of likely N-dealkylation sites (tertiary alicyclic amines) is 2. The Morgan fingerprint density at radius 3 is 1.82 bits per heavy atom. The van der Waals surface area contributed by atoms with Crippen LogP contribution < -0.4 is 33.0 Å². The van der Waals surface area contributed by atoms with E-state index in [0.29, 0.717) is 19.3 Å². The lowest BCUT2D eigenvalue weighted by atomic mass is 10.1. The van der Waals surface area contributed by atoms with E-state index in [4.69, 9.17) is 20.9 Å². The van der Waals surface area contributed by atoms with Crippen LogP contribution in [-0.4, -0.2) is 118 Å². The summed E-state index contributed by atoms with van der Waals surface area (Å²) in [7, 11) is 0. The molecule has 0 unspecified atom stereocenters. The molecule has 2 aliphatic heterocycles. The molecule has 3 rings (SSSR count). The van der Waals surface area contributed by atoms with E-state index in [1.54, 1.807) is 55.9 Å². The third-order valence-corrected chi connectivity index (χ3v) is 8.75. The smallest absolute Gasteiger partial charge is 0.408 e. The molecule has 23 heteroatoms. The number of hydrogen-bond acceptors (Lipinski definition) is 13. The molecule has 0 saturated carbocycles. The molecule has 0 spiro atoms. The average molecular weight is 805 g/mol. The molecule has 0 aromatic heterocycles. The standard InChI is InChI=1S/C34H52N12O11/c1-34(2,3)57-33(51)40-24(14-8-18-38-32(36)42-46(54)55)29(49)43-19-9-15-25(43)27(47)39-23(13-7-17-37-31(35)41-45(52)53)28(48)44-20-10-16-26(44)30(50)56-21-22-11-5-4-6-12-22/h4-6,11-12,23-26H,7-10,13-21H2,1-3H3,(H,39,47)(H,40,51)(H3,35,37,41)(H3,36,38,42)/t23-,24-,25-,26-/m0/s1. The van der Waals surface area contributed by atoms with Crippen molar-refractivity contribution >= 4 is 41.7 Å². The third-order valence-electron chi connectivity index (χ3n) is 8.75. The number of hydrogen-bond donors (Lipinski definition) is 6. The lowest BCUT2D eigenvalue weighted by Gasteiger charge is -2.32. The molecule has 2 saturated heterocycles. The van der Waals surface area contributed by atoms with Gasteiger partial charge in [-0.15, -0.1) is 0 Å². The van der Waals surface area contributed by atoms with Crippen molar-refractivity contribution in [3.63, 3.8) is 0 Å². The summed E-state index contributed by atoms with van der Waals surface area (Å²) in [5, 5.41) is 24.9. The maximum atomic E-state index is 14.1. The van der Waals surface area contributed by atoms with Gasteiger partial charge in [0.25, 0.3) is 11.9 Å². The van der Waals surface area contributed by atoms with Gasteiger partial charge in [-0.1, -0.05) is 41.2 Å². The highest BCUT2D eigenvalue weighted by atomic mass is 16.7. The monoisotopic (exact) mass is 804 g/mol. The van der Waals surface area contributed by atoms with Gasteiger partial charge in [0.1, 0.15) is 36.4 Å². The Balaban J connectivity index is 1.78. The highest BCUT2D eigenvalue weighted by Gasteiger charge is 2.42. The molecule has 314 valence electrons. The fourth-order valence-corrected chi connectivity index (χ4v) is 6.28. The zero-order valence-corrected chi connectivity index (χ0v) is 32.2. The number of hydrazine groups is 2. The SMILES string of the molecule is CC(C)(C)OC(=O)N[C@@H](CCCN=C(N)N[N+](=O)[O-])C(=O)N1CCC[C@H]1C(=O)N[C@@H](CCCN=C(N)N[N+](=O)[O-])C(=O)N1CCC[C@H]1C(=O)OCc1ccccc1. The van der Waals surface area contributed by atoms with Crippen LogP contribution in [0, 0.1) is 20.2 Å². The minimum Gasteiger partial charge on any atom is -0.459 e. The Labute approximate surface area is 328 Å². The Kier molecular flexibility index (Phi) is 17.2. The summed E-state index contributed by atoms with van der Waals surface area (Å²) < 4.78 is 10.9. The molecular weight excluding hydrogens is 752 g/mol. The predicted octanol–water partition coefficient (Wildman–Crippen LogP) is -0.158. The largest absolute Gasteiger partial charge is 0.459 e. The minimum atomic E-state index is -1.19. The second-order valence-corrected chi connectivity index (χ2v) is 14.3. The number of ether oxygens (including phenoxy) is 2. The van der Waals surface area contributed by atoms with Crippen LogP contribution >= 0.6 is 0 Å². The maximum absolute atomic E-state index is 14.1. The average Bonchev–Trinajstić information content (AvgIpc) is 3.83. The van der Waals surface area contributed by atoms with Crippen LogP contribution in [-0.2, 0) is 35.3 Å². The van der Waals surface area contributed by atoms with Crippen molar-refractivity contribution in [3.8, 4) is 0 Å². The first kappa shape index (κ1) is 45.1. The number of rotatable bonds is 18. The van der Waals surface area contributed by atoms with Crippen LogP contribution in [0.2, 0.25) is 0 Å². The summed E-state index contributed by atoms with van der Waals surface area (Å²) in [5.74, 6) is -3.32. The molecule has 57 heavy (non-hydrogen) atoms. The van der Waals surface area contributed by atoms with Gasteiger partial charge in [-0.2, -0.15) is 0 Å². The Bertz CT molecular complexity index is 1650. The van der Waals surface area contributed by atoms with E-state index in [9.17, 15) is 44.2 Å². The zero-order chi connectivity index (χ0) is 42.1. The summed E-state index contributed by atoms with van der Waals surface area (Å²) in [6.45, 7) is 5.23. The van der Waals surface area contributed by atoms with Gasteiger partial charge in [0.2, 0.25) is 17.7 Å². The van der Waals surface area contributed by atoms with Gasteiger partial charge < -0.3 is 41.4 Å². The lowest BCUT2D eigenvalue weighted by Crippen LogP contribution is -2.57. The topological polar surface area (TPSA) is 321 Å². The molecule has 2 fully saturated rings. The van der Waals surface area contributed by atoms with E-state index in [1.165, 1.54) is 9.80 Å². The number of nitrogens with two attached hydrogens (primary N) is 2. The number of amides is 4. The molecule has 0 bridgehead atoms. The number of esters is 1. The van der Waals surface area contributed by atoms with Crippen molar-refractivity contribution in [2.75, 3.05) is 26.2 Å². The highest BCUT2D eigenvalue weighted by Crippen LogP contribution is 2.24. The zero-order valence-electron chi connectivity index (χ0n) is 32.2. The minimum absolute atomic E-state index is 0.000541. The molecule has 0 aliphatic carbocycles. The van der Waals surface area contributed by atoms with E-state index in [2.05, 4.69) is 20.6 Å². The van der Waals surface area contributed by atoms with Crippen LogP contribution in [0.3, 0.4) is 0 Å². The van der Waals surface area contributed by atoms with Crippen LogP contribution in [0.1, 0.15) is 77.7 Å². The number of nitrogens with zero attached hydrogens (tertiary/aromatic N) is 6.